The number of rotatable bonds is 3. The highest BCUT2D eigenvalue weighted by atomic mass is 16.4. The van der Waals surface area contributed by atoms with Crippen molar-refractivity contribution in [2.45, 2.75) is 12.5 Å². The van der Waals surface area contributed by atoms with Crippen LogP contribution in [0.2, 0.25) is 0 Å². The number of benzene rings is 1. The number of nitrogens with zero attached hydrogens (tertiary/aromatic N) is 2. The van der Waals surface area contributed by atoms with Crippen molar-refractivity contribution < 1.29 is 24.6 Å². The van der Waals surface area contributed by atoms with Gasteiger partial charge in [-0.2, -0.15) is 0 Å². The molecule has 0 aliphatic carbocycles. The second-order valence-electron chi connectivity index (χ2n) is 5.54. The number of imide groups is 1. The molecule has 7 nitrogen and oxygen atoms in total. The number of hydrogen-bond donors (Lipinski definition) is 2. The number of aromatic nitrogens is 1. The van der Waals surface area contributed by atoms with E-state index in [2.05, 4.69) is 4.98 Å². The Balaban J connectivity index is 1.91. The zero-order chi connectivity index (χ0) is 18.0. The normalized spacial score (nSPS) is 17.1. The highest BCUT2D eigenvalue weighted by Gasteiger charge is 2.38. The van der Waals surface area contributed by atoms with Gasteiger partial charge < -0.3 is 10.2 Å². The molecule has 25 heavy (non-hydrogen) atoms. The van der Waals surface area contributed by atoms with E-state index in [-0.39, 0.29) is 6.42 Å². The minimum atomic E-state index is -1.57. The van der Waals surface area contributed by atoms with Gasteiger partial charge in [-0.3, -0.25) is 9.78 Å². The maximum Gasteiger partial charge on any atom is 0.415 e. The van der Waals surface area contributed by atoms with Gasteiger partial charge in [-0.1, -0.05) is 30.3 Å². The Kier molecular flexibility index (Phi) is 4.30. The number of pyridine rings is 1. The molecule has 7 heteroatoms. The Morgan fingerprint density at radius 3 is 2.28 bits per heavy atom. The summed E-state index contributed by atoms with van der Waals surface area (Å²) < 4.78 is 0. The Morgan fingerprint density at radius 1 is 1.04 bits per heavy atom. The fourth-order valence-electron chi connectivity index (χ4n) is 2.77. The molecule has 0 radical (unpaired) electrons. The number of hydrogen-bond acceptors (Lipinski definition) is 4. The zero-order valence-electron chi connectivity index (χ0n) is 13.0. The van der Waals surface area contributed by atoms with E-state index in [0.717, 1.165) is 11.1 Å². The lowest BCUT2D eigenvalue weighted by molar-refractivity contribution is -0.147. The Labute approximate surface area is 142 Å². The lowest BCUT2D eigenvalue weighted by Gasteiger charge is -2.28. The molecule has 3 rings (SSSR count). The first-order valence-electron chi connectivity index (χ1n) is 7.47. The van der Waals surface area contributed by atoms with E-state index in [4.69, 9.17) is 5.11 Å². The molecular formula is C18H14N2O5. The molecule has 1 aromatic carbocycles. The van der Waals surface area contributed by atoms with Crippen LogP contribution in [-0.2, 0) is 9.59 Å². The van der Waals surface area contributed by atoms with E-state index in [1.807, 2.05) is 24.3 Å². The van der Waals surface area contributed by atoms with Crippen LogP contribution >= 0.6 is 0 Å². The van der Waals surface area contributed by atoms with Gasteiger partial charge in [0.15, 0.2) is 0 Å². The van der Waals surface area contributed by atoms with Gasteiger partial charge in [0.1, 0.15) is 6.04 Å². The predicted molar refractivity (Wildman–Crippen MR) is 88.6 cm³/mol. The van der Waals surface area contributed by atoms with Crippen LogP contribution in [0.15, 0.2) is 54.9 Å². The number of carbonyl (C=O) groups excluding carboxylic acids is 1. The molecule has 2 aromatic rings. The fourth-order valence-corrected chi connectivity index (χ4v) is 2.77. The average molecular weight is 338 g/mol. The molecule has 0 unspecified atom stereocenters. The summed E-state index contributed by atoms with van der Waals surface area (Å²) in [7, 11) is 0. The Hall–Kier alpha value is -3.48. The summed E-state index contributed by atoms with van der Waals surface area (Å²) in [4.78, 5) is 38.9. The maximum atomic E-state index is 12.0. The van der Waals surface area contributed by atoms with Gasteiger partial charge >= 0.3 is 12.1 Å². The van der Waals surface area contributed by atoms with Crippen LogP contribution in [0, 0.1) is 0 Å². The number of carboxylic acids is 1. The molecule has 1 aliphatic heterocycles. The van der Waals surface area contributed by atoms with Crippen molar-refractivity contribution in [3.05, 3.63) is 60.4 Å². The lowest BCUT2D eigenvalue weighted by atomic mass is 9.93. The standard InChI is InChI=1S/C18H14N2O5/c21-16-9-14(8-15(17(22)23)20(16)18(24)25)12-5-3-11(4-6-12)13-2-1-7-19-10-13/h1-7,9-10,15H,8H2,(H,22,23)(H,24,25)/t15-/m1/s1. The molecule has 2 N–H and O–H groups in total. The van der Waals surface area contributed by atoms with E-state index in [1.165, 1.54) is 6.08 Å². The van der Waals surface area contributed by atoms with Crippen LogP contribution in [0.25, 0.3) is 16.7 Å². The molecule has 0 fully saturated rings. The third-order valence-electron chi connectivity index (χ3n) is 4.00. The third-order valence-corrected chi connectivity index (χ3v) is 4.00. The van der Waals surface area contributed by atoms with E-state index in [1.54, 1.807) is 24.5 Å². The molecule has 1 aliphatic rings. The summed E-state index contributed by atoms with van der Waals surface area (Å²) in [5.41, 5.74) is 3.04. The second-order valence-corrected chi connectivity index (χ2v) is 5.54. The zero-order valence-corrected chi connectivity index (χ0v) is 13.0. The SMILES string of the molecule is O=C(O)[C@H]1CC(c2ccc(-c3cccnc3)cc2)=CC(=O)N1C(=O)O. The number of amides is 2. The predicted octanol–water partition coefficient (Wildman–Crippen LogP) is 2.50. The number of carbonyl (C=O) groups is 3. The summed E-state index contributed by atoms with van der Waals surface area (Å²) in [6, 6.07) is 9.55. The van der Waals surface area contributed by atoms with Gasteiger partial charge in [-0.25, -0.2) is 14.5 Å². The Bertz CT molecular complexity index is 859. The van der Waals surface area contributed by atoms with Crippen molar-refractivity contribution in [2.24, 2.45) is 0 Å². The largest absolute Gasteiger partial charge is 0.480 e. The molecule has 0 bridgehead atoms. The molecule has 0 saturated carbocycles. The molecule has 0 saturated heterocycles. The molecule has 1 aromatic heterocycles. The summed E-state index contributed by atoms with van der Waals surface area (Å²) in [5.74, 6) is -2.20. The number of aliphatic carboxylic acids is 1. The summed E-state index contributed by atoms with van der Waals surface area (Å²) >= 11 is 0. The first-order chi connectivity index (χ1) is 12.0. The van der Waals surface area contributed by atoms with Crippen molar-refractivity contribution in [2.75, 3.05) is 0 Å². The van der Waals surface area contributed by atoms with E-state index < -0.39 is 24.0 Å². The van der Waals surface area contributed by atoms with E-state index >= 15 is 0 Å². The van der Waals surface area contributed by atoms with Crippen molar-refractivity contribution in [1.82, 2.24) is 9.88 Å². The molecular weight excluding hydrogens is 324 g/mol. The van der Waals surface area contributed by atoms with Gasteiger partial charge in [0.2, 0.25) is 0 Å². The smallest absolute Gasteiger partial charge is 0.415 e. The van der Waals surface area contributed by atoms with Crippen LogP contribution in [0.1, 0.15) is 12.0 Å². The van der Waals surface area contributed by atoms with E-state index in [0.29, 0.717) is 16.0 Å². The van der Waals surface area contributed by atoms with E-state index in [9.17, 15) is 19.5 Å². The van der Waals surface area contributed by atoms with Crippen LogP contribution in [0.3, 0.4) is 0 Å². The summed E-state index contributed by atoms with van der Waals surface area (Å²) in [6.45, 7) is 0. The first kappa shape index (κ1) is 16.4. The lowest BCUT2D eigenvalue weighted by Crippen LogP contribution is -2.49. The summed E-state index contributed by atoms with van der Waals surface area (Å²) in [6.07, 6.45) is 2.94. The molecule has 2 amide bonds. The molecule has 126 valence electrons. The highest BCUT2D eigenvalue weighted by molar-refractivity contribution is 6.07. The molecule has 1 atom stereocenters. The molecule has 2 heterocycles. The van der Waals surface area contributed by atoms with Gasteiger partial charge in [-0.15, -0.1) is 0 Å². The fraction of sp³-hybridized carbons (Fsp3) is 0.111. The van der Waals surface area contributed by atoms with Crippen molar-refractivity contribution in [3.8, 4) is 11.1 Å². The monoisotopic (exact) mass is 338 g/mol. The van der Waals surface area contributed by atoms with Crippen LogP contribution < -0.4 is 0 Å². The second kappa shape index (κ2) is 6.56. The van der Waals surface area contributed by atoms with Gasteiger partial charge in [-0.05, 0) is 28.3 Å². The van der Waals surface area contributed by atoms with Crippen LogP contribution in [0.4, 0.5) is 4.79 Å². The van der Waals surface area contributed by atoms with Gasteiger partial charge in [0.05, 0.1) is 0 Å². The quantitative estimate of drug-likeness (QED) is 0.890. The van der Waals surface area contributed by atoms with Crippen LogP contribution in [0.5, 0.6) is 0 Å². The van der Waals surface area contributed by atoms with Crippen molar-refractivity contribution in [3.63, 3.8) is 0 Å². The minimum Gasteiger partial charge on any atom is -0.480 e. The third kappa shape index (κ3) is 3.25. The van der Waals surface area contributed by atoms with Crippen LogP contribution in [-0.4, -0.2) is 44.1 Å². The topological polar surface area (TPSA) is 108 Å². The van der Waals surface area contributed by atoms with Crippen molar-refractivity contribution >= 4 is 23.5 Å². The van der Waals surface area contributed by atoms with Crippen molar-refractivity contribution in [1.29, 1.82) is 0 Å². The number of carboxylic acid groups (broad SMARTS) is 2. The highest BCUT2D eigenvalue weighted by Crippen LogP contribution is 2.29. The molecule has 0 spiro atoms. The van der Waals surface area contributed by atoms with Gasteiger partial charge in [0, 0.05) is 24.9 Å². The Morgan fingerprint density at radius 2 is 1.72 bits per heavy atom. The van der Waals surface area contributed by atoms with Gasteiger partial charge in [0.25, 0.3) is 5.91 Å². The average Bonchev–Trinajstić information content (AvgIpc) is 2.61. The maximum absolute atomic E-state index is 12.0. The minimum absolute atomic E-state index is 0.0698. The summed E-state index contributed by atoms with van der Waals surface area (Å²) in [5, 5.41) is 18.3. The first-order valence-corrected chi connectivity index (χ1v) is 7.47.